The van der Waals surface area contributed by atoms with Gasteiger partial charge in [0.2, 0.25) is 0 Å². The number of benzene rings is 2. The number of halogens is 1. The standard InChI is InChI=1S/C16H18FNO/c1-11-9-14(17)5-6-15(11)18-10-13-4-7-16(19-3)12(2)8-13/h4-9,18H,10H2,1-3H3. The number of methoxy groups -OCH3 is 1. The highest BCUT2D eigenvalue weighted by atomic mass is 19.1. The first-order chi connectivity index (χ1) is 9.10. The second-order valence-electron chi connectivity index (χ2n) is 4.62. The Kier molecular flexibility index (Phi) is 4.05. The van der Waals surface area contributed by atoms with Crippen LogP contribution in [0.5, 0.6) is 5.75 Å². The molecule has 0 spiro atoms. The van der Waals surface area contributed by atoms with E-state index in [1.54, 1.807) is 13.2 Å². The van der Waals surface area contributed by atoms with Crippen molar-refractivity contribution in [3.63, 3.8) is 0 Å². The Morgan fingerprint density at radius 2 is 1.84 bits per heavy atom. The van der Waals surface area contributed by atoms with Gasteiger partial charge in [-0.05, 0) is 54.8 Å². The van der Waals surface area contributed by atoms with E-state index in [-0.39, 0.29) is 5.82 Å². The summed E-state index contributed by atoms with van der Waals surface area (Å²) in [7, 11) is 1.67. The molecule has 0 amide bonds. The molecule has 0 saturated carbocycles. The average molecular weight is 259 g/mol. The number of anilines is 1. The zero-order valence-electron chi connectivity index (χ0n) is 11.5. The van der Waals surface area contributed by atoms with Crippen LogP contribution in [0.15, 0.2) is 36.4 Å². The van der Waals surface area contributed by atoms with Gasteiger partial charge in [0, 0.05) is 12.2 Å². The fourth-order valence-electron chi connectivity index (χ4n) is 2.07. The van der Waals surface area contributed by atoms with E-state index >= 15 is 0 Å². The summed E-state index contributed by atoms with van der Waals surface area (Å²) in [5.74, 6) is 0.685. The van der Waals surface area contributed by atoms with Crippen molar-refractivity contribution in [2.45, 2.75) is 20.4 Å². The third-order valence-electron chi connectivity index (χ3n) is 3.13. The highest BCUT2D eigenvalue weighted by Crippen LogP contribution is 2.20. The van der Waals surface area contributed by atoms with E-state index in [0.29, 0.717) is 6.54 Å². The van der Waals surface area contributed by atoms with Crippen LogP contribution in [0.3, 0.4) is 0 Å². The molecule has 0 aliphatic rings. The Morgan fingerprint density at radius 1 is 1.05 bits per heavy atom. The number of ether oxygens (including phenoxy) is 1. The van der Waals surface area contributed by atoms with Crippen LogP contribution in [0.25, 0.3) is 0 Å². The Balaban J connectivity index is 2.08. The van der Waals surface area contributed by atoms with Crippen LogP contribution in [-0.4, -0.2) is 7.11 Å². The van der Waals surface area contributed by atoms with E-state index in [2.05, 4.69) is 11.4 Å². The van der Waals surface area contributed by atoms with E-state index in [4.69, 9.17) is 4.74 Å². The number of nitrogens with one attached hydrogen (secondary N) is 1. The van der Waals surface area contributed by atoms with Gasteiger partial charge >= 0.3 is 0 Å². The van der Waals surface area contributed by atoms with Crippen molar-refractivity contribution in [2.75, 3.05) is 12.4 Å². The van der Waals surface area contributed by atoms with Crippen molar-refractivity contribution in [2.24, 2.45) is 0 Å². The highest BCUT2D eigenvalue weighted by molar-refractivity contribution is 5.51. The van der Waals surface area contributed by atoms with Gasteiger partial charge in [-0.15, -0.1) is 0 Å². The van der Waals surface area contributed by atoms with Gasteiger partial charge in [0.25, 0.3) is 0 Å². The third-order valence-corrected chi connectivity index (χ3v) is 3.13. The van der Waals surface area contributed by atoms with Crippen LogP contribution in [0.4, 0.5) is 10.1 Å². The van der Waals surface area contributed by atoms with Gasteiger partial charge in [-0.1, -0.05) is 12.1 Å². The molecule has 0 fully saturated rings. The summed E-state index contributed by atoms with van der Waals surface area (Å²) < 4.78 is 18.2. The molecule has 1 N–H and O–H groups in total. The van der Waals surface area contributed by atoms with Crippen molar-refractivity contribution >= 4 is 5.69 Å². The monoisotopic (exact) mass is 259 g/mol. The fraction of sp³-hybridized carbons (Fsp3) is 0.250. The summed E-state index contributed by atoms with van der Waals surface area (Å²) in [6.45, 7) is 4.62. The molecule has 2 rings (SSSR count). The zero-order valence-corrected chi connectivity index (χ0v) is 11.5. The van der Waals surface area contributed by atoms with Crippen LogP contribution in [-0.2, 0) is 6.54 Å². The Hall–Kier alpha value is -2.03. The Morgan fingerprint density at radius 3 is 2.47 bits per heavy atom. The molecular formula is C16H18FNO. The first-order valence-electron chi connectivity index (χ1n) is 6.23. The van der Waals surface area contributed by atoms with Gasteiger partial charge in [0.1, 0.15) is 11.6 Å². The minimum atomic E-state index is -0.205. The van der Waals surface area contributed by atoms with E-state index in [0.717, 1.165) is 22.6 Å². The number of rotatable bonds is 4. The first kappa shape index (κ1) is 13.4. The molecule has 19 heavy (non-hydrogen) atoms. The summed E-state index contributed by atoms with van der Waals surface area (Å²) in [6, 6.07) is 10.8. The maximum absolute atomic E-state index is 13.0. The molecule has 100 valence electrons. The second-order valence-corrected chi connectivity index (χ2v) is 4.62. The molecule has 0 radical (unpaired) electrons. The molecular weight excluding hydrogens is 241 g/mol. The normalized spacial score (nSPS) is 10.3. The van der Waals surface area contributed by atoms with E-state index in [9.17, 15) is 4.39 Å². The van der Waals surface area contributed by atoms with Gasteiger partial charge in [-0.25, -0.2) is 4.39 Å². The molecule has 0 atom stereocenters. The number of hydrogen-bond donors (Lipinski definition) is 1. The van der Waals surface area contributed by atoms with Gasteiger partial charge in [-0.2, -0.15) is 0 Å². The molecule has 2 nitrogen and oxygen atoms in total. The molecule has 0 saturated heterocycles. The quantitative estimate of drug-likeness (QED) is 0.894. The number of aryl methyl sites for hydroxylation is 2. The van der Waals surface area contributed by atoms with Gasteiger partial charge < -0.3 is 10.1 Å². The summed E-state index contributed by atoms with van der Waals surface area (Å²) in [6.07, 6.45) is 0. The third kappa shape index (κ3) is 3.25. The molecule has 0 unspecified atom stereocenters. The van der Waals surface area contributed by atoms with Crippen LogP contribution in [0.2, 0.25) is 0 Å². The second kappa shape index (κ2) is 5.74. The maximum atomic E-state index is 13.0. The first-order valence-corrected chi connectivity index (χ1v) is 6.23. The summed E-state index contributed by atoms with van der Waals surface area (Å²) >= 11 is 0. The van der Waals surface area contributed by atoms with Crippen molar-refractivity contribution in [3.05, 3.63) is 58.9 Å². The van der Waals surface area contributed by atoms with Gasteiger partial charge in [0.05, 0.1) is 7.11 Å². The fourth-order valence-corrected chi connectivity index (χ4v) is 2.07. The summed E-state index contributed by atoms with van der Waals surface area (Å²) in [5, 5.41) is 3.31. The van der Waals surface area contributed by atoms with Crippen molar-refractivity contribution < 1.29 is 9.13 Å². The number of hydrogen-bond acceptors (Lipinski definition) is 2. The van der Waals surface area contributed by atoms with E-state index in [1.165, 1.54) is 17.7 Å². The molecule has 2 aromatic rings. The minimum Gasteiger partial charge on any atom is -0.496 e. The van der Waals surface area contributed by atoms with Crippen molar-refractivity contribution in [1.29, 1.82) is 0 Å². The van der Waals surface area contributed by atoms with Crippen LogP contribution in [0, 0.1) is 19.7 Å². The van der Waals surface area contributed by atoms with E-state index in [1.807, 2.05) is 26.0 Å². The Bertz CT molecular complexity index is 581. The highest BCUT2D eigenvalue weighted by Gasteiger charge is 2.02. The lowest BCUT2D eigenvalue weighted by molar-refractivity contribution is 0.411. The van der Waals surface area contributed by atoms with Crippen LogP contribution < -0.4 is 10.1 Å². The summed E-state index contributed by atoms with van der Waals surface area (Å²) in [4.78, 5) is 0. The predicted octanol–water partition coefficient (Wildman–Crippen LogP) is 4.06. The minimum absolute atomic E-state index is 0.205. The topological polar surface area (TPSA) is 21.3 Å². The molecule has 2 aromatic carbocycles. The zero-order chi connectivity index (χ0) is 13.8. The summed E-state index contributed by atoms with van der Waals surface area (Å²) in [5.41, 5.74) is 4.14. The lowest BCUT2D eigenvalue weighted by atomic mass is 10.1. The van der Waals surface area contributed by atoms with Crippen LogP contribution in [0.1, 0.15) is 16.7 Å². The molecule has 0 heterocycles. The molecule has 0 aliphatic heterocycles. The van der Waals surface area contributed by atoms with Crippen molar-refractivity contribution in [3.8, 4) is 5.75 Å². The molecule has 0 aromatic heterocycles. The molecule has 0 bridgehead atoms. The maximum Gasteiger partial charge on any atom is 0.123 e. The van der Waals surface area contributed by atoms with Gasteiger partial charge in [0.15, 0.2) is 0 Å². The van der Waals surface area contributed by atoms with Gasteiger partial charge in [-0.3, -0.25) is 0 Å². The predicted molar refractivity (Wildman–Crippen MR) is 76.2 cm³/mol. The van der Waals surface area contributed by atoms with Crippen molar-refractivity contribution in [1.82, 2.24) is 0 Å². The SMILES string of the molecule is COc1ccc(CNc2ccc(F)cc2C)cc1C. The average Bonchev–Trinajstić information content (AvgIpc) is 2.38. The lowest BCUT2D eigenvalue weighted by Gasteiger charge is -2.11. The molecule has 3 heteroatoms. The lowest BCUT2D eigenvalue weighted by Crippen LogP contribution is -2.02. The largest absolute Gasteiger partial charge is 0.496 e. The molecule has 0 aliphatic carbocycles. The van der Waals surface area contributed by atoms with E-state index < -0.39 is 0 Å². The van der Waals surface area contributed by atoms with Crippen LogP contribution >= 0.6 is 0 Å². The Labute approximate surface area is 113 Å². The smallest absolute Gasteiger partial charge is 0.123 e.